The number of thiazole rings is 2. The van der Waals surface area contributed by atoms with Crippen molar-refractivity contribution in [3.05, 3.63) is 69.7 Å². The fraction of sp³-hybridized carbons (Fsp3) is 0.227. The first-order valence-electron chi connectivity index (χ1n) is 9.38. The van der Waals surface area contributed by atoms with Gasteiger partial charge in [0.2, 0.25) is 0 Å². The molecule has 0 aliphatic heterocycles. The van der Waals surface area contributed by atoms with Crippen LogP contribution in [-0.2, 0) is 6.54 Å². The van der Waals surface area contributed by atoms with Crippen LogP contribution in [0.4, 0.5) is 5.13 Å². The van der Waals surface area contributed by atoms with Gasteiger partial charge in [-0.1, -0.05) is 41.7 Å². The van der Waals surface area contributed by atoms with Gasteiger partial charge in [0.25, 0.3) is 5.91 Å². The molecule has 5 nitrogen and oxygen atoms in total. The van der Waals surface area contributed by atoms with E-state index in [2.05, 4.69) is 4.98 Å². The second kappa shape index (κ2) is 8.31. The van der Waals surface area contributed by atoms with Crippen molar-refractivity contribution in [1.82, 2.24) is 9.97 Å². The fourth-order valence-electron chi connectivity index (χ4n) is 3.11. The molecule has 0 atom stereocenters. The maximum Gasteiger partial charge on any atom is 0.272 e. The van der Waals surface area contributed by atoms with E-state index in [9.17, 15) is 4.79 Å². The third kappa shape index (κ3) is 4.16. The summed E-state index contributed by atoms with van der Waals surface area (Å²) in [4.78, 5) is 25.1. The van der Waals surface area contributed by atoms with Crippen molar-refractivity contribution in [3.8, 4) is 5.75 Å². The van der Waals surface area contributed by atoms with Crippen LogP contribution in [0.3, 0.4) is 0 Å². The highest BCUT2D eigenvalue weighted by molar-refractivity contribution is 7.22. The predicted molar refractivity (Wildman–Crippen MR) is 119 cm³/mol. The topological polar surface area (TPSA) is 55.3 Å². The number of hydrogen-bond donors (Lipinski definition) is 0. The van der Waals surface area contributed by atoms with E-state index in [0.717, 1.165) is 32.2 Å². The van der Waals surface area contributed by atoms with Crippen LogP contribution >= 0.6 is 22.7 Å². The third-order valence-corrected chi connectivity index (χ3v) is 6.52. The molecule has 4 rings (SSSR count). The van der Waals surface area contributed by atoms with Crippen molar-refractivity contribution in [1.29, 1.82) is 0 Å². The highest BCUT2D eigenvalue weighted by Gasteiger charge is 2.25. The lowest BCUT2D eigenvalue weighted by Gasteiger charge is -2.19. The minimum atomic E-state index is -0.0685. The Hall–Kier alpha value is -2.77. The second-order valence-corrected chi connectivity index (χ2v) is 8.80. The molecule has 1 amide bonds. The summed E-state index contributed by atoms with van der Waals surface area (Å²) < 4.78 is 6.60. The number of nitrogens with zero attached hydrogens (tertiary/aromatic N) is 3. The quantitative estimate of drug-likeness (QED) is 0.404. The number of carbonyl (C=O) groups excluding carboxylic acids is 1. The lowest BCUT2D eigenvalue weighted by Crippen LogP contribution is -2.30. The van der Waals surface area contributed by atoms with Crippen molar-refractivity contribution in [2.45, 2.75) is 27.3 Å². The summed E-state index contributed by atoms with van der Waals surface area (Å²) in [6.45, 7) is 6.82. The maximum atomic E-state index is 13.5. The van der Waals surface area contributed by atoms with E-state index in [1.807, 2.05) is 69.3 Å². The van der Waals surface area contributed by atoms with E-state index in [1.54, 1.807) is 4.90 Å². The van der Waals surface area contributed by atoms with Crippen LogP contribution in [0.1, 0.15) is 32.9 Å². The molecule has 0 fully saturated rings. The molecule has 0 saturated carbocycles. The Bertz CT molecular complexity index is 1150. The number of hydrogen-bond acceptors (Lipinski definition) is 6. The van der Waals surface area contributed by atoms with Gasteiger partial charge in [-0.3, -0.25) is 9.69 Å². The summed E-state index contributed by atoms with van der Waals surface area (Å²) in [5, 5.41) is 1.56. The Labute approximate surface area is 177 Å². The molecule has 0 bridgehead atoms. The molecule has 0 unspecified atom stereocenters. The Morgan fingerprint density at radius 1 is 1.07 bits per heavy atom. The average Bonchev–Trinajstić information content (AvgIpc) is 3.28. The fourth-order valence-corrected chi connectivity index (χ4v) is 4.97. The highest BCUT2D eigenvalue weighted by Crippen LogP contribution is 2.34. The monoisotopic (exact) mass is 423 g/mol. The third-order valence-electron chi connectivity index (χ3n) is 4.42. The van der Waals surface area contributed by atoms with Crippen LogP contribution in [0.2, 0.25) is 0 Å². The van der Waals surface area contributed by atoms with Gasteiger partial charge in [0.1, 0.15) is 10.6 Å². The van der Waals surface area contributed by atoms with Crippen molar-refractivity contribution in [3.63, 3.8) is 0 Å². The molecule has 0 aliphatic rings. The molecular weight excluding hydrogens is 402 g/mol. The van der Waals surface area contributed by atoms with E-state index >= 15 is 0 Å². The summed E-state index contributed by atoms with van der Waals surface area (Å²) in [5.74, 6) is 0.742. The molecule has 2 aromatic heterocycles. The molecule has 29 heavy (non-hydrogen) atoms. The summed E-state index contributed by atoms with van der Waals surface area (Å²) in [6, 6.07) is 15.8. The second-order valence-electron chi connectivity index (χ2n) is 6.58. The van der Waals surface area contributed by atoms with E-state index in [0.29, 0.717) is 23.2 Å². The van der Waals surface area contributed by atoms with Gasteiger partial charge in [0, 0.05) is 0 Å². The smallest absolute Gasteiger partial charge is 0.272 e. The van der Waals surface area contributed by atoms with Crippen LogP contribution in [0.25, 0.3) is 10.2 Å². The molecule has 0 radical (unpaired) electrons. The number of rotatable bonds is 6. The minimum absolute atomic E-state index is 0.0685. The standard InChI is InChI=1S/C22H21N3O2S2/c1-4-27-17-10-11-18-19(12-17)29-22(24-18)25(13-16-8-6-5-7-9-16)21(26)20-14(2)23-15(3)28-20/h5-12H,4,13H2,1-3H3. The number of fused-ring (bicyclic) bond motifs is 1. The summed E-state index contributed by atoms with van der Waals surface area (Å²) in [5.41, 5.74) is 2.67. The molecule has 0 N–H and O–H groups in total. The summed E-state index contributed by atoms with van der Waals surface area (Å²) in [6.07, 6.45) is 0. The zero-order valence-electron chi connectivity index (χ0n) is 16.5. The van der Waals surface area contributed by atoms with Gasteiger partial charge >= 0.3 is 0 Å². The van der Waals surface area contributed by atoms with E-state index in [-0.39, 0.29) is 5.91 Å². The number of anilines is 1. The van der Waals surface area contributed by atoms with Crippen molar-refractivity contribution < 1.29 is 9.53 Å². The van der Waals surface area contributed by atoms with Crippen LogP contribution in [0, 0.1) is 13.8 Å². The number of aromatic nitrogens is 2. The zero-order valence-corrected chi connectivity index (χ0v) is 18.1. The van der Waals surface area contributed by atoms with Crippen molar-refractivity contribution in [2.24, 2.45) is 0 Å². The predicted octanol–water partition coefficient (Wildman–Crippen LogP) is 5.62. The van der Waals surface area contributed by atoms with Crippen LogP contribution in [0.5, 0.6) is 5.75 Å². The largest absolute Gasteiger partial charge is 0.494 e. The molecule has 148 valence electrons. The van der Waals surface area contributed by atoms with Gasteiger partial charge in [0.05, 0.1) is 34.1 Å². The molecule has 7 heteroatoms. The Kier molecular flexibility index (Phi) is 5.60. The Morgan fingerprint density at radius 2 is 1.86 bits per heavy atom. The van der Waals surface area contributed by atoms with Gasteiger partial charge in [-0.05, 0) is 44.5 Å². The van der Waals surface area contributed by atoms with Crippen molar-refractivity contribution >= 4 is 43.9 Å². The molecule has 4 aromatic rings. The summed E-state index contributed by atoms with van der Waals surface area (Å²) in [7, 11) is 0. The first-order chi connectivity index (χ1) is 14.0. The Morgan fingerprint density at radius 3 is 2.55 bits per heavy atom. The molecule has 2 aromatic carbocycles. The first kappa shape index (κ1) is 19.5. The molecule has 0 aliphatic carbocycles. The van der Waals surface area contributed by atoms with E-state index in [4.69, 9.17) is 9.72 Å². The number of benzene rings is 2. The van der Waals surface area contributed by atoms with E-state index < -0.39 is 0 Å². The van der Waals surface area contributed by atoms with Crippen molar-refractivity contribution in [2.75, 3.05) is 11.5 Å². The molecule has 0 spiro atoms. The zero-order chi connectivity index (χ0) is 20.4. The Balaban J connectivity index is 1.76. The number of ether oxygens (including phenoxy) is 1. The number of aryl methyl sites for hydroxylation is 2. The average molecular weight is 424 g/mol. The van der Waals surface area contributed by atoms with Crippen LogP contribution in [0.15, 0.2) is 48.5 Å². The number of amides is 1. The van der Waals surface area contributed by atoms with Gasteiger partial charge in [-0.2, -0.15) is 0 Å². The van der Waals surface area contributed by atoms with E-state index in [1.165, 1.54) is 22.7 Å². The number of carbonyl (C=O) groups is 1. The van der Waals surface area contributed by atoms with Gasteiger partial charge in [0.15, 0.2) is 5.13 Å². The lowest BCUT2D eigenvalue weighted by molar-refractivity contribution is 0.0988. The highest BCUT2D eigenvalue weighted by atomic mass is 32.1. The van der Waals surface area contributed by atoms with Crippen LogP contribution in [-0.4, -0.2) is 22.5 Å². The van der Waals surface area contributed by atoms with Gasteiger partial charge in [-0.15, -0.1) is 11.3 Å². The first-order valence-corrected chi connectivity index (χ1v) is 11.0. The minimum Gasteiger partial charge on any atom is -0.494 e. The maximum absolute atomic E-state index is 13.5. The molecular formula is C22H21N3O2S2. The van der Waals surface area contributed by atoms with Gasteiger partial charge < -0.3 is 4.74 Å². The molecule has 0 saturated heterocycles. The lowest BCUT2D eigenvalue weighted by atomic mass is 10.2. The molecule has 2 heterocycles. The SMILES string of the molecule is CCOc1ccc2nc(N(Cc3ccccc3)C(=O)c3sc(C)nc3C)sc2c1. The summed E-state index contributed by atoms with van der Waals surface area (Å²) >= 11 is 2.92. The van der Waals surface area contributed by atoms with Crippen LogP contribution < -0.4 is 9.64 Å². The van der Waals surface area contributed by atoms with Gasteiger partial charge in [-0.25, -0.2) is 9.97 Å². The normalized spacial score (nSPS) is 11.0.